The number of ether oxygens (including phenoxy) is 1. The highest BCUT2D eigenvalue weighted by Gasteiger charge is 2.17. The molecule has 1 atom stereocenters. The fraction of sp³-hybridized carbons (Fsp3) is 0.250. The van der Waals surface area contributed by atoms with E-state index in [4.69, 9.17) is 16.2 Å². The van der Waals surface area contributed by atoms with Crippen LogP contribution in [0.4, 0.5) is 5.69 Å². The van der Waals surface area contributed by atoms with E-state index in [9.17, 15) is 14.4 Å². The van der Waals surface area contributed by atoms with Crippen molar-refractivity contribution in [2.24, 2.45) is 17.4 Å². The van der Waals surface area contributed by atoms with Gasteiger partial charge in [0.15, 0.2) is 0 Å². The number of nitrogens with one attached hydrogen (secondary N) is 2. The Bertz CT molecular complexity index is 850. The van der Waals surface area contributed by atoms with Gasteiger partial charge >= 0.3 is 0 Å². The number of amides is 3. The van der Waals surface area contributed by atoms with E-state index in [0.29, 0.717) is 22.7 Å². The Hall–Kier alpha value is -3.39. The molecular formula is C20H24N4O4. The summed E-state index contributed by atoms with van der Waals surface area (Å²) in [4.78, 5) is 34.9. The van der Waals surface area contributed by atoms with Gasteiger partial charge in [0.25, 0.3) is 0 Å². The summed E-state index contributed by atoms with van der Waals surface area (Å²) in [5, 5.41) is 5.17. The van der Waals surface area contributed by atoms with E-state index in [1.165, 1.54) is 0 Å². The zero-order valence-electron chi connectivity index (χ0n) is 15.8. The largest absolute Gasteiger partial charge is 0.457 e. The summed E-state index contributed by atoms with van der Waals surface area (Å²) in [7, 11) is 0. The van der Waals surface area contributed by atoms with Crippen molar-refractivity contribution in [3.05, 3.63) is 54.1 Å². The average Bonchev–Trinajstić information content (AvgIpc) is 2.67. The first kappa shape index (κ1) is 20.9. The van der Waals surface area contributed by atoms with E-state index < -0.39 is 11.9 Å². The Labute approximate surface area is 163 Å². The molecule has 0 aromatic heterocycles. The second-order valence-corrected chi connectivity index (χ2v) is 6.55. The van der Waals surface area contributed by atoms with E-state index in [-0.39, 0.29) is 24.3 Å². The van der Waals surface area contributed by atoms with Crippen molar-refractivity contribution >= 4 is 23.4 Å². The third-order valence-electron chi connectivity index (χ3n) is 3.94. The van der Waals surface area contributed by atoms with Gasteiger partial charge in [0.05, 0.1) is 12.6 Å². The SMILES string of the molecule is CC(C)[C@H](N)C(=O)NCC(=O)Nc1ccc(Oc2cccc(C(N)=O)c2)cc1. The minimum atomic E-state index is -0.655. The molecule has 0 radical (unpaired) electrons. The lowest BCUT2D eigenvalue weighted by Crippen LogP contribution is -2.46. The molecule has 2 rings (SSSR count). The molecule has 2 aromatic carbocycles. The lowest BCUT2D eigenvalue weighted by molar-refractivity contribution is -0.125. The van der Waals surface area contributed by atoms with Crippen molar-refractivity contribution in [1.82, 2.24) is 5.32 Å². The van der Waals surface area contributed by atoms with Gasteiger partial charge in [-0.15, -0.1) is 0 Å². The number of benzene rings is 2. The van der Waals surface area contributed by atoms with Gasteiger partial charge in [-0.3, -0.25) is 14.4 Å². The maximum absolute atomic E-state index is 11.9. The summed E-state index contributed by atoms with van der Waals surface area (Å²) in [6.45, 7) is 3.49. The number of nitrogens with two attached hydrogens (primary N) is 2. The maximum atomic E-state index is 11.9. The van der Waals surface area contributed by atoms with Crippen LogP contribution in [-0.2, 0) is 9.59 Å². The number of hydrogen-bond donors (Lipinski definition) is 4. The predicted molar refractivity (Wildman–Crippen MR) is 106 cm³/mol. The molecule has 0 aliphatic rings. The Morgan fingerprint density at radius 2 is 1.71 bits per heavy atom. The van der Waals surface area contributed by atoms with E-state index in [1.54, 1.807) is 48.5 Å². The molecule has 0 bridgehead atoms. The first-order chi connectivity index (χ1) is 13.3. The lowest BCUT2D eigenvalue weighted by atomic mass is 10.1. The van der Waals surface area contributed by atoms with Crippen LogP contribution in [0.1, 0.15) is 24.2 Å². The van der Waals surface area contributed by atoms with Crippen molar-refractivity contribution < 1.29 is 19.1 Å². The number of hydrogen-bond acceptors (Lipinski definition) is 5. The number of primary amides is 1. The molecule has 0 saturated heterocycles. The molecule has 6 N–H and O–H groups in total. The minimum Gasteiger partial charge on any atom is -0.457 e. The predicted octanol–water partition coefficient (Wildman–Crippen LogP) is 1.62. The maximum Gasteiger partial charge on any atom is 0.248 e. The van der Waals surface area contributed by atoms with Crippen LogP contribution in [-0.4, -0.2) is 30.3 Å². The van der Waals surface area contributed by atoms with Crippen molar-refractivity contribution in [3.8, 4) is 11.5 Å². The monoisotopic (exact) mass is 384 g/mol. The van der Waals surface area contributed by atoms with Crippen LogP contribution in [0.5, 0.6) is 11.5 Å². The quantitative estimate of drug-likeness (QED) is 0.548. The molecule has 28 heavy (non-hydrogen) atoms. The van der Waals surface area contributed by atoms with Crippen molar-refractivity contribution in [1.29, 1.82) is 0 Å². The van der Waals surface area contributed by atoms with Crippen LogP contribution < -0.4 is 26.8 Å². The molecular weight excluding hydrogens is 360 g/mol. The Morgan fingerprint density at radius 1 is 1.04 bits per heavy atom. The summed E-state index contributed by atoms with van der Waals surface area (Å²) in [6.07, 6.45) is 0. The van der Waals surface area contributed by atoms with Crippen molar-refractivity contribution in [2.45, 2.75) is 19.9 Å². The highest BCUT2D eigenvalue weighted by Crippen LogP contribution is 2.23. The highest BCUT2D eigenvalue weighted by atomic mass is 16.5. The zero-order chi connectivity index (χ0) is 20.7. The molecule has 8 heteroatoms. The van der Waals surface area contributed by atoms with Gasteiger partial charge in [-0.1, -0.05) is 19.9 Å². The summed E-state index contributed by atoms with van der Waals surface area (Å²) >= 11 is 0. The van der Waals surface area contributed by atoms with Crippen LogP contribution in [0.15, 0.2) is 48.5 Å². The summed E-state index contributed by atoms with van der Waals surface area (Å²) < 4.78 is 5.67. The third kappa shape index (κ3) is 6.10. The molecule has 0 unspecified atom stereocenters. The van der Waals surface area contributed by atoms with Crippen LogP contribution in [0.25, 0.3) is 0 Å². The van der Waals surface area contributed by atoms with Gasteiger partial charge in [-0.05, 0) is 48.4 Å². The van der Waals surface area contributed by atoms with Gasteiger partial charge in [0, 0.05) is 11.3 Å². The van der Waals surface area contributed by atoms with Crippen molar-refractivity contribution in [3.63, 3.8) is 0 Å². The normalized spacial score (nSPS) is 11.6. The van der Waals surface area contributed by atoms with Gasteiger partial charge in [-0.2, -0.15) is 0 Å². The van der Waals surface area contributed by atoms with Crippen LogP contribution >= 0.6 is 0 Å². The van der Waals surface area contributed by atoms with Gasteiger partial charge in [0.1, 0.15) is 11.5 Å². The molecule has 0 heterocycles. The molecule has 0 aliphatic heterocycles. The summed E-state index contributed by atoms with van der Waals surface area (Å²) in [6, 6.07) is 12.5. The minimum absolute atomic E-state index is 0.0146. The Kier molecular flexibility index (Phi) is 7.11. The Morgan fingerprint density at radius 3 is 2.32 bits per heavy atom. The lowest BCUT2D eigenvalue weighted by Gasteiger charge is -2.15. The van der Waals surface area contributed by atoms with Crippen molar-refractivity contribution in [2.75, 3.05) is 11.9 Å². The zero-order valence-corrected chi connectivity index (χ0v) is 15.8. The van der Waals surface area contributed by atoms with Gasteiger partial charge in [-0.25, -0.2) is 0 Å². The molecule has 0 fully saturated rings. The van der Waals surface area contributed by atoms with Crippen LogP contribution in [0.3, 0.4) is 0 Å². The molecule has 148 valence electrons. The van der Waals surface area contributed by atoms with E-state index in [0.717, 1.165) is 0 Å². The van der Waals surface area contributed by atoms with Gasteiger partial charge < -0.3 is 26.8 Å². The second-order valence-electron chi connectivity index (χ2n) is 6.55. The first-order valence-electron chi connectivity index (χ1n) is 8.77. The van der Waals surface area contributed by atoms with E-state index in [1.807, 2.05) is 13.8 Å². The molecule has 0 saturated carbocycles. The number of carbonyl (C=O) groups excluding carboxylic acids is 3. The van der Waals surface area contributed by atoms with Crippen LogP contribution in [0.2, 0.25) is 0 Å². The Balaban J connectivity index is 1.88. The van der Waals surface area contributed by atoms with E-state index >= 15 is 0 Å². The average molecular weight is 384 g/mol. The fourth-order valence-electron chi connectivity index (χ4n) is 2.25. The topological polar surface area (TPSA) is 137 Å². The summed E-state index contributed by atoms with van der Waals surface area (Å²) in [5.41, 5.74) is 11.9. The van der Waals surface area contributed by atoms with Crippen LogP contribution in [0, 0.1) is 5.92 Å². The molecule has 0 aliphatic carbocycles. The smallest absolute Gasteiger partial charge is 0.248 e. The number of anilines is 1. The molecule has 2 aromatic rings. The fourth-order valence-corrected chi connectivity index (χ4v) is 2.25. The number of carbonyl (C=O) groups is 3. The van der Waals surface area contributed by atoms with E-state index in [2.05, 4.69) is 10.6 Å². The number of rotatable bonds is 8. The second kappa shape index (κ2) is 9.52. The standard InChI is InChI=1S/C20H24N4O4/c1-12(2)18(21)20(27)23-11-17(25)24-14-6-8-15(9-7-14)28-16-5-3-4-13(10-16)19(22)26/h3-10,12,18H,11,21H2,1-2H3,(H2,22,26)(H,23,27)(H,24,25)/t18-/m0/s1. The van der Waals surface area contributed by atoms with Gasteiger partial charge in [0.2, 0.25) is 17.7 Å². The highest BCUT2D eigenvalue weighted by molar-refractivity contribution is 5.95. The molecule has 8 nitrogen and oxygen atoms in total. The molecule has 0 spiro atoms. The third-order valence-corrected chi connectivity index (χ3v) is 3.94. The summed E-state index contributed by atoms with van der Waals surface area (Å²) in [5.74, 6) is -0.295. The molecule has 3 amide bonds. The first-order valence-corrected chi connectivity index (χ1v) is 8.77.